The number of imidazole rings is 1. The van der Waals surface area contributed by atoms with Crippen LogP contribution in [0.4, 0.5) is 5.95 Å². The van der Waals surface area contributed by atoms with Gasteiger partial charge in [0.05, 0.1) is 21.1 Å². The van der Waals surface area contributed by atoms with Crippen LogP contribution < -0.4 is 10.1 Å². The molecule has 3 aromatic rings. The third-order valence-electron chi connectivity index (χ3n) is 3.20. The van der Waals surface area contributed by atoms with Gasteiger partial charge in [-0.05, 0) is 31.2 Å². The number of hydrogen-bond acceptors (Lipinski definition) is 3. The Labute approximate surface area is 142 Å². The Bertz CT molecular complexity index is 830. The molecule has 2 N–H and O–H groups in total. The van der Waals surface area contributed by atoms with E-state index in [0.29, 0.717) is 21.7 Å². The van der Waals surface area contributed by atoms with Gasteiger partial charge in [-0.2, -0.15) is 0 Å². The summed E-state index contributed by atoms with van der Waals surface area (Å²) < 4.78 is 5.56. The summed E-state index contributed by atoms with van der Waals surface area (Å²) in [5, 5.41) is 3.49. The number of benzene rings is 2. The fraction of sp³-hybridized carbons (Fsp3) is 0.125. The molecule has 1 unspecified atom stereocenters. The van der Waals surface area contributed by atoms with Gasteiger partial charge in [0.25, 0.3) is 5.91 Å². The molecule has 0 aliphatic carbocycles. The van der Waals surface area contributed by atoms with Crippen LogP contribution in [0.25, 0.3) is 11.0 Å². The molecule has 7 heteroatoms. The number of carbonyl (C=O) groups excluding carboxylic acids is 1. The molecule has 1 heterocycles. The van der Waals surface area contributed by atoms with Crippen molar-refractivity contribution in [1.29, 1.82) is 0 Å². The Hall–Kier alpha value is -2.24. The molecule has 2 aromatic carbocycles. The van der Waals surface area contributed by atoms with Crippen molar-refractivity contribution in [3.63, 3.8) is 0 Å². The summed E-state index contributed by atoms with van der Waals surface area (Å²) in [5.41, 5.74) is 1.63. The summed E-state index contributed by atoms with van der Waals surface area (Å²) in [6.45, 7) is 1.64. The van der Waals surface area contributed by atoms with Crippen molar-refractivity contribution >= 4 is 46.1 Å². The molecule has 3 rings (SSSR count). The minimum absolute atomic E-state index is 0.324. The van der Waals surface area contributed by atoms with E-state index in [2.05, 4.69) is 15.3 Å². The number of halogens is 2. The monoisotopic (exact) mass is 349 g/mol. The number of amides is 1. The van der Waals surface area contributed by atoms with Gasteiger partial charge in [-0.3, -0.25) is 10.1 Å². The van der Waals surface area contributed by atoms with E-state index in [1.165, 1.54) is 0 Å². The minimum atomic E-state index is -0.722. The van der Waals surface area contributed by atoms with E-state index in [0.717, 1.165) is 11.0 Å². The summed E-state index contributed by atoms with van der Waals surface area (Å²) in [6, 6.07) is 12.3. The second-order valence-electron chi connectivity index (χ2n) is 4.93. The largest absolute Gasteiger partial charge is 0.481 e. The summed E-state index contributed by atoms with van der Waals surface area (Å²) in [5.74, 6) is 0.516. The van der Waals surface area contributed by atoms with Gasteiger partial charge in [0, 0.05) is 6.07 Å². The summed E-state index contributed by atoms with van der Waals surface area (Å²) in [6.07, 6.45) is -0.722. The molecular formula is C16H13Cl2N3O2. The second-order valence-corrected chi connectivity index (χ2v) is 5.74. The van der Waals surface area contributed by atoms with Crippen LogP contribution >= 0.6 is 23.2 Å². The molecule has 5 nitrogen and oxygen atoms in total. The van der Waals surface area contributed by atoms with Crippen molar-refractivity contribution in [3.8, 4) is 5.75 Å². The molecule has 0 saturated carbocycles. The minimum Gasteiger partial charge on any atom is -0.481 e. The average molecular weight is 350 g/mol. The maximum Gasteiger partial charge on any atom is 0.267 e. The Morgan fingerprint density at radius 1 is 1.22 bits per heavy atom. The number of ether oxygens (including phenoxy) is 1. The smallest absolute Gasteiger partial charge is 0.267 e. The molecule has 0 fully saturated rings. The van der Waals surface area contributed by atoms with Crippen molar-refractivity contribution in [2.75, 3.05) is 5.32 Å². The van der Waals surface area contributed by atoms with Crippen molar-refractivity contribution < 1.29 is 9.53 Å². The van der Waals surface area contributed by atoms with Crippen molar-refractivity contribution in [1.82, 2.24) is 9.97 Å². The van der Waals surface area contributed by atoms with Crippen LogP contribution in [0.15, 0.2) is 42.5 Å². The molecule has 118 valence electrons. The van der Waals surface area contributed by atoms with Crippen LogP contribution in [-0.2, 0) is 4.79 Å². The molecule has 0 spiro atoms. The Morgan fingerprint density at radius 2 is 2.00 bits per heavy atom. The molecule has 1 aromatic heterocycles. The molecule has 1 atom stereocenters. The SMILES string of the molecule is CC(Oc1ccc(Cl)c(Cl)c1)C(=O)Nc1nc2ccccc2[nH]1. The molecule has 23 heavy (non-hydrogen) atoms. The van der Waals surface area contributed by atoms with E-state index < -0.39 is 6.10 Å². The van der Waals surface area contributed by atoms with Crippen LogP contribution in [0.3, 0.4) is 0 Å². The molecular weight excluding hydrogens is 337 g/mol. The first kappa shape index (κ1) is 15.6. The van der Waals surface area contributed by atoms with E-state index in [1.807, 2.05) is 24.3 Å². The number of hydrogen-bond donors (Lipinski definition) is 2. The number of fused-ring (bicyclic) bond motifs is 1. The lowest BCUT2D eigenvalue weighted by atomic mass is 10.3. The standard InChI is InChI=1S/C16H13Cl2N3O2/c1-9(23-10-6-7-11(17)12(18)8-10)15(22)21-16-19-13-4-2-3-5-14(13)20-16/h2-9H,1H3,(H2,19,20,21,22). The molecule has 1 amide bonds. The van der Waals surface area contributed by atoms with E-state index in [1.54, 1.807) is 25.1 Å². The van der Waals surface area contributed by atoms with Gasteiger partial charge in [-0.1, -0.05) is 35.3 Å². The highest BCUT2D eigenvalue weighted by Crippen LogP contribution is 2.27. The number of aromatic amines is 1. The first-order chi connectivity index (χ1) is 11.0. The van der Waals surface area contributed by atoms with Gasteiger partial charge in [0.2, 0.25) is 5.95 Å². The fourth-order valence-electron chi connectivity index (χ4n) is 2.04. The number of H-pyrrole nitrogens is 1. The Kier molecular flexibility index (Phi) is 4.41. The molecule has 0 aliphatic heterocycles. The van der Waals surface area contributed by atoms with Crippen molar-refractivity contribution in [3.05, 3.63) is 52.5 Å². The van der Waals surface area contributed by atoms with Gasteiger partial charge in [-0.15, -0.1) is 0 Å². The van der Waals surface area contributed by atoms with E-state index in [4.69, 9.17) is 27.9 Å². The Morgan fingerprint density at radius 3 is 2.74 bits per heavy atom. The summed E-state index contributed by atoms with van der Waals surface area (Å²) in [7, 11) is 0. The van der Waals surface area contributed by atoms with Gasteiger partial charge in [0.15, 0.2) is 6.10 Å². The maximum absolute atomic E-state index is 12.2. The normalized spacial score (nSPS) is 12.1. The van der Waals surface area contributed by atoms with Gasteiger partial charge in [0.1, 0.15) is 5.75 Å². The predicted octanol–water partition coefficient (Wildman–Crippen LogP) is 4.28. The van der Waals surface area contributed by atoms with Crippen molar-refractivity contribution in [2.24, 2.45) is 0 Å². The summed E-state index contributed by atoms with van der Waals surface area (Å²) >= 11 is 11.8. The number of rotatable bonds is 4. The lowest BCUT2D eigenvalue weighted by Crippen LogP contribution is -2.30. The van der Waals surface area contributed by atoms with E-state index >= 15 is 0 Å². The highest BCUT2D eigenvalue weighted by molar-refractivity contribution is 6.42. The zero-order valence-corrected chi connectivity index (χ0v) is 13.7. The van der Waals surface area contributed by atoms with Crippen LogP contribution in [0.5, 0.6) is 5.75 Å². The molecule has 0 radical (unpaired) electrons. The van der Waals surface area contributed by atoms with Crippen LogP contribution in [-0.4, -0.2) is 22.0 Å². The Balaban J connectivity index is 1.68. The van der Waals surface area contributed by atoms with Crippen LogP contribution in [0.1, 0.15) is 6.92 Å². The van der Waals surface area contributed by atoms with Gasteiger partial charge in [-0.25, -0.2) is 4.98 Å². The zero-order valence-electron chi connectivity index (χ0n) is 12.1. The third kappa shape index (κ3) is 3.57. The number of carbonyl (C=O) groups is 1. The lowest BCUT2D eigenvalue weighted by Gasteiger charge is -2.14. The fourth-order valence-corrected chi connectivity index (χ4v) is 2.33. The quantitative estimate of drug-likeness (QED) is 0.738. The summed E-state index contributed by atoms with van der Waals surface area (Å²) in [4.78, 5) is 19.5. The van der Waals surface area contributed by atoms with Crippen molar-refractivity contribution in [2.45, 2.75) is 13.0 Å². The number of nitrogens with one attached hydrogen (secondary N) is 2. The van der Waals surface area contributed by atoms with Gasteiger partial charge >= 0.3 is 0 Å². The highest BCUT2D eigenvalue weighted by Gasteiger charge is 2.17. The van der Waals surface area contributed by atoms with Crippen LogP contribution in [0.2, 0.25) is 10.0 Å². The third-order valence-corrected chi connectivity index (χ3v) is 3.94. The topological polar surface area (TPSA) is 67.0 Å². The predicted molar refractivity (Wildman–Crippen MR) is 91.3 cm³/mol. The first-order valence-electron chi connectivity index (χ1n) is 6.90. The molecule has 0 saturated heterocycles. The highest BCUT2D eigenvalue weighted by atomic mass is 35.5. The number of anilines is 1. The second kappa shape index (κ2) is 6.48. The number of nitrogens with zero attached hydrogens (tertiary/aromatic N) is 1. The van der Waals surface area contributed by atoms with Crippen LogP contribution in [0, 0.1) is 0 Å². The first-order valence-corrected chi connectivity index (χ1v) is 7.66. The average Bonchev–Trinajstić information content (AvgIpc) is 2.93. The lowest BCUT2D eigenvalue weighted by molar-refractivity contribution is -0.122. The number of para-hydroxylation sites is 2. The number of aromatic nitrogens is 2. The maximum atomic E-state index is 12.2. The zero-order chi connectivity index (χ0) is 16.4. The molecule has 0 aliphatic rings. The van der Waals surface area contributed by atoms with E-state index in [-0.39, 0.29) is 5.91 Å². The van der Waals surface area contributed by atoms with Gasteiger partial charge < -0.3 is 9.72 Å². The van der Waals surface area contributed by atoms with E-state index in [9.17, 15) is 4.79 Å². The molecule has 0 bridgehead atoms.